The van der Waals surface area contributed by atoms with Crippen LogP contribution in [0.1, 0.15) is 59.4 Å². The summed E-state index contributed by atoms with van der Waals surface area (Å²) >= 11 is 0. The van der Waals surface area contributed by atoms with Gasteiger partial charge in [0.25, 0.3) is 5.91 Å². The standard InChI is InChI=1S/C23H35N3O4/c1-15(2)17-7-9-19(10-8-17)30-16(3)21(28)24-11-12-25-22(29)18-13-20(27)26(14-18)23(4,5)6/h7-10,15-16,18H,11-14H2,1-6H3,(H,24,28)(H,25,29). The monoisotopic (exact) mass is 417 g/mol. The molecule has 0 aromatic heterocycles. The first-order chi connectivity index (χ1) is 14.0. The Hall–Kier alpha value is -2.57. The van der Waals surface area contributed by atoms with Crippen molar-refractivity contribution in [1.29, 1.82) is 0 Å². The molecule has 7 heteroatoms. The lowest BCUT2D eigenvalue weighted by molar-refractivity contribution is -0.132. The third-order valence-electron chi connectivity index (χ3n) is 5.26. The molecule has 1 saturated heterocycles. The topological polar surface area (TPSA) is 87.7 Å². The van der Waals surface area contributed by atoms with E-state index in [0.29, 0.717) is 31.3 Å². The van der Waals surface area contributed by atoms with Gasteiger partial charge >= 0.3 is 0 Å². The second kappa shape index (κ2) is 9.96. The number of nitrogens with one attached hydrogen (secondary N) is 2. The summed E-state index contributed by atoms with van der Waals surface area (Å²) in [6.45, 7) is 12.9. The van der Waals surface area contributed by atoms with Crippen LogP contribution in [0.5, 0.6) is 5.75 Å². The number of hydrogen-bond acceptors (Lipinski definition) is 4. The van der Waals surface area contributed by atoms with E-state index in [0.717, 1.165) is 0 Å². The summed E-state index contributed by atoms with van der Waals surface area (Å²) in [6.07, 6.45) is -0.408. The van der Waals surface area contributed by atoms with Gasteiger partial charge in [-0.05, 0) is 51.3 Å². The Morgan fingerprint density at radius 3 is 2.23 bits per heavy atom. The summed E-state index contributed by atoms with van der Waals surface area (Å²) in [6, 6.07) is 7.72. The largest absolute Gasteiger partial charge is 0.481 e. The smallest absolute Gasteiger partial charge is 0.260 e. The molecule has 2 unspecified atom stereocenters. The molecule has 2 N–H and O–H groups in total. The molecule has 166 valence electrons. The molecular weight excluding hydrogens is 382 g/mol. The molecule has 0 bridgehead atoms. The van der Waals surface area contributed by atoms with Crippen LogP contribution in [0.4, 0.5) is 0 Å². The molecule has 1 fully saturated rings. The molecule has 30 heavy (non-hydrogen) atoms. The molecule has 0 saturated carbocycles. The number of likely N-dealkylation sites (tertiary alicyclic amines) is 1. The van der Waals surface area contributed by atoms with Crippen molar-refractivity contribution in [1.82, 2.24) is 15.5 Å². The van der Waals surface area contributed by atoms with Crippen LogP contribution >= 0.6 is 0 Å². The van der Waals surface area contributed by atoms with Gasteiger partial charge in [-0.1, -0.05) is 26.0 Å². The lowest BCUT2D eigenvalue weighted by Crippen LogP contribution is -2.44. The Bertz CT molecular complexity index is 753. The average molecular weight is 418 g/mol. The van der Waals surface area contributed by atoms with Gasteiger partial charge in [-0.25, -0.2) is 0 Å². The molecule has 1 aromatic carbocycles. The van der Waals surface area contributed by atoms with Gasteiger partial charge in [0.05, 0.1) is 5.92 Å². The van der Waals surface area contributed by atoms with Crippen LogP contribution in [-0.4, -0.2) is 53.9 Å². The van der Waals surface area contributed by atoms with Gasteiger partial charge in [0.2, 0.25) is 11.8 Å². The van der Waals surface area contributed by atoms with E-state index in [9.17, 15) is 14.4 Å². The van der Waals surface area contributed by atoms with E-state index in [1.54, 1.807) is 11.8 Å². The Kier molecular flexibility index (Phi) is 7.87. The van der Waals surface area contributed by atoms with Crippen molar-refractivity contribution in [2.24, 2.45) is 5.92 Å². The number of ether oxygens (including phenoxy) is 1. The number of rotatable bonds is 8. The number of hydrogen-bond donors (Lipinski definition) is 2. The molecule has 1 aromatic rings. The van der Waals surface area contributed by atoms with E-state index in [2.05, 4.69) is 24.5 Å². The summed E-state index contributed by atoms with van der Waals surface area (Å²) in [5.74, 6) is 0.344. The van der Waals surface area contributed by atoms with Gasteiger partial charge in [-0.2, -0.15) is 0 Å². The lowest BCUT2D eigenvalue weighted by atomic mass is 10.0. The van der Waals surface area contributed by atoms with Crippen LogP contribution in [0.2, 0.25) is 0 Å². The number of amides is 3. The van der Waals surface area contributed by atoms with Crippen LogP contribution in [0.15, 0.2) is 24.3 Å². The van der Waals surface area contributed by atoms with E-state index in [1.165, 1.54) is 5.56 Å². The fraction of sp³-hybridized carbons (Fsp3) is 0.609. The summed E-state index contributed by atoms with van der Waals surface area (Å²) < 4.78 is 5.68. The summed E-state index contributed by atoms with van der Waals surface area (Å²) in [5.41, 5.74) is 0.926. The molecule has 1 aliphatic rings. The van der Waals surface area contributed by atoms with E-state index < -0.39 is 6.10 Å². The molecule has 7 nitrogen and oxygen atoms in total. The Morgan fingerprint density at radius 1 is 1.10 bits per heavy atom. The number of nitrogens with zero attached hydrogens (tertiary/aromatic N) is 1. The fourth-order valence-corrected chi connectivity index (χ4v) is 3.38. The van der Waals surface area contributed by atoms with Crippen LogP contribution in [0, 0.1) is 5.92 Å². The SMILES string of the molecule is CC(Oc1ccc(C(C)C)cc1)C(=O)NCCNC(=O)C1CC(=O)N(C(C)(C)C)C1. The van der Waals surface area contributed by atoms with Gasteiger partial charge in [-0.3, -0.25) is 14.4 Å². The zero-order valence-corrected chi connectivity index (χ0v) is 19.0. The average Bonchev–Trinajstić information content (AvgIpc) is 3.07. The molecular formula is C23H35N3O4. The van der Waals surface area contributed by atoms with Crippen molar-refractivity contribution in [3.8, 4) is 5.75 Å². The molecule has 0 spiro atoms. The molecule has 0 radical (unpaired) electrons. The molecule has 1 heterocycles. The lowest BCUT2D eigenvalue weighted by Gasteiger charge is -2.31. The second-order valence-electron chi connectivity index (χ2n) is 9.14. The quantitative estimate of drug-likeness (QED) is 0.636. The summed E-state index contributed by atoms with van der Waals surface area (Å²) in [5, 5.41) is 5.57. The highest BCUT2D eigenvalue weighted by Gasteiger charge is 2.39. The third-order valence-corrected chi connectivity index (χ3v) is 5.26. The van der Waals surface area contributed by atoms with Gasteiger partial charge in [-0.15, -0.1) is 0 Å². The highest BCUT2D eigenvalue weighted by molar-refractivity contribution is 5.89. The van der Waals surface area contributed by atoms with E-state index in [1.807, 2.05) is 45.0 Å². The number of carbonyl (C=O) groups is 3. The molecule has 2 rings (SSSR count). The van der Waals surface area contributed by atoms with Crippen molar-refractivity contribution >= 4 is 17.7 Å². The van der Waals surface area contributed by atoms with Crippen molar-refractivity contribution in [3.63, 3.8) is 0 Å². The minimum absolute atomic E-state index is 0.00310. The van der Waals surface area contributed by atoms with Gasteiger partial charge in [0.15, 0.2) is 6.10 Å². The van der Waals surface area contributed by atoms with E-state index in [4.69, 9.17) is 4.74 Å². The second-order valence-corrected chi connectivity index (χ2v) is 9.14. The first kappa shape index (κ1) is 23.7. The Morgan fingerprint density at radius 2 is 1.70 bits per heavy atom. The van der Waals surface area contributed by atoms with Crippen LogP contribution in [0.3, 0.4) is 0 Å². The maximum atomic E-state index is 12.3. The van der Waals surface area contributed by atoms with Crippen molar-refractivity contribution in [3.05, 3.63) is 29.8 Å². The zero-order valence-electron chi connectivity index (χ0n) is 19.0. The third kappa shape index (κ3) is 6.47. The number of carbonyl (C=O) groups excluding carboxylic acids is 3. The van der Waals surface area contributed by atoms with Crippen molar-refractivity contribution in [2.75, 3.05) is 19.6 Å². The molecule has 2 atom stereocenters. The first-order valence-corrected chi connectivity index (χ1v) is 10.6. The number of benzene rings is 1. The minimum Gasteiger partial charge on any atom is -0.481 e. The first-order valence-electron chi connectivity index (χ1n) is 10.6. The molecule has 0 aliphatic carbocycles. The fourth-order valence-electron chi connectivity index (χ4n) is 3.38. The summed E-state index contributed by atoms with van der Waals surface area (Å²) in [7, 11) is 0. The van der Waals surface area contributed by atoms with Crippen LogP contribution in [0.25, 0.3) is 0 Å². The van der Waals surface area contributed by atoms with Gasteiger partial charge in [0, 0.05) is 31.6 Å². The van der Waals surface area contributed by atoms with Gasteiger partial charge in [0.1, 0.15) is 5.75 Å². The highest BCUT2D eigenvalue weighted by atomic mass is 16.5. The Balaban J connectivity index is 1.70. The molecule has 3 amide bonds. The summed E-state index contributed by atoms with van der Waals surface area (Å²) in [4.78, 5) is 38.4. The predicted molar refractivity (Wildman–Crippen MR) is 116 cm³/mol. The predicted octanol–water partition coefficient (Wildman–Crippen LogP) is 2.46. The van der Waals surface area contributed by atoms with Gasteiger partial charge < -0.3 is 20.3 Å². The highest BCUT2D eigenvalue weighted by Crippen LogP contribution is 2.25. The van der Waals surface area contributed by atoms with Crippen LogP contribution < -0.4 is 15.4 Å². The van der Waals surface area contributed by atoms with E-state index >= 15 is 0 Å². The maximum absolute atomic E-state index is 12.3. The van der Waals surface area contributed by atoms with E-state index in [-0.39, 0.29) is 35.6 Å². The van der Waals surface area contributed by atoms with Crippen molar-refractivity contribution in [2.45, 2.75) is 65.5 Å². The minimum atomic E-state index is -0.640. The van der Waals surface area contributed by atoms with Crippen molar-refractivity contribution < 1.29 is 19.1 Å². The molecule has 1 aliphatic heterocycles. The van der Waals surface area contributed by atoms with Crippen LogP contribution in [-0.2, 0) is 14.4 Å². The normalized spacial score (nSPS) is 17.8. The maximum Gasteiger partial charge on any atom is 0.260 e. The zero-order chi connectivity index (χ0) is 22.5. The Labute approximate surface area is 179 Å².